The van der Waals surface area contributed by atoms with Gasteiger partial charge in [0.2, 0.25) is 5.91 Å². The molecular formula is C15H23FN2O. The molecule has 3 N–H and O–H groups in total. The minimum Gasteiger partial charge on any atom is -0.352 e. The quantitative estimate of drug-likeness (QED) is 0.711. The summed E-state index contributed by atoms with van der Waals surface area (Å²) in [5, 5.41) is 2.74. The maximum atomic E-state index is 13.6. The van der Waals surface area contributed by atoms with Crippen LogP contribution in [0.15, 0.2) is 18.2 Å². The second kappa shape index (κ2) is 8.64. The molecule has 0 radical (unpaired) electrons. The first-order chi connectivity index (χ1) is 9.17. The van der Waals surface area contributed by atoms with Crippen LogP contribution < -0.4 is 11.1 Å². The molecule has 0 atom stereocenters. The first-order valence-electron chi connectivity index (χ1n) is 6.91. The summed E-state index contributed by atoms with van der Waals surface area (Å²) in [5.74, 6) is -0.326. The molecule has 0 aliphatic rings. The number of nitrogens with one attached hydrogen (secondary N) is 1. The molecule has 0 aliphatic heterocycles. The van der Waals surface area contributed by atoms with Crippen LogP contribution in [0.2, 0.25) is 0 Å². The summed E-state index contributed by atoms with van der Waals surface area (Å²) in [6, 6.07) is 4.88. The number of carbonyl (C=O) groups excluding carboxylic acids is 1. The number of nitrogens with two attached hydrogens (primary N) is 1. The first-order valence-corrected chi connectivity index (χ1v) is 6.91. The van der Waals surface area contributed by atoms with Crippen LogP contribution in [0.25, 0.3) is 0 Å². The van der Waals surface area contributed by atoms with E-state index in [0.717, 1.165) is 31.2 Å². The van der Waals surface area contributed by atoms with E-state index in [1.807, 2.05) is 0 Å². The highest BCUT2D eigenvalue weighted by Crippen LogP contribution is 2.10. The Bertz CT molecular complexity index is 407. The highest BCUT2D eigenvalue weighted by molar-refractivity contribution is 5.75. The van der Waals surface area contributed by atoms with Crippen molar-refractivity contribution < 1.29 is 9.18 Å². The number of hydrogen-bond acceptors (Lipinski definition) is 2. The van der Waals surface area contributed by atoms with Crippen molar-refractivity contribution in [1.82, 2.24) is 5.32 Å². The summed E-state index contributed by atoms with van der Waals surface area (Å²) >= 11 is 0. The van der Waals surface area contributed by atoms with E-state index < -0.39 is 0 Å². The van der Waals surface area contributed by atoms with Crippen molar-refractivity contribution in [2.24, 2.45) is 5.73 Å². The Kier molecular flexibility index (Phi) is 7.11. The average Bonchev–Trinajstić information content (AvgIpc) is 2.42. The highest BCUT2D eigenvalue weighted by atomic mass is 19.1. The molecule has 3 nitrogen and oxygen atoms in total. The Morgan fingerprint density at radius 1 is 1.32 bits per heavy atom. The van der Waals surface area contributed by atoms with E-state index in [9.17, 15) is 9.18 Å². The molecule has 0 unspecified atom stereocenters. The number of amides is 1. The van der Waals surface area contributed by atoms with Crippen molar-refractivity contribution >= 4 is 5.91 Å². The van der Waals surface area contributed by atoms with E-state index in [2.05, 4.69) is 12.2 Å². The average molecular weight is 266 g/mol. The maximum absolute atomic E-state index is 13.6. The lowest BCUT2D eigenvalue weighted by molar-refractivity contribution is -0.121. The molecule has 1 amide bonds. The van der Waals surface area contributed by atoms with Crippen LogP contribution in [0.4, 0.5) is 4.39 Å². The first kappa shape index (κ1) is 15.6. The maximum Gasteiger partial charge on any atom is 0.220 e. The summed E-state index contributed by atoms with van der Waals surface area (Å²) in [6.07, 6.45) is 4.79. The smallest absolute Gasteiger partial charge is 0.220 e. The van der Waals surface area contributed by atoms with Crippen molar-refractivity contribution in [2.75, 3.05) is 0 Å². The zero-order valence-electron chi connectivity index (χ0n) is 11.5. The second-order valence-electron chi connectivity index (χ2n) is 4.72. The minimum absolute atomic E-state index is 0.0154. The Morgan fingerprint density at radius 2 is 2.11 bits per heavy atom. The lowest BCUT2D eigenvalue weighted by Crippen LogP contribution is -2.23. The molecule has 0 spiro atoms. The van der Waals surface area contributed by atoms with Gasteiger partial charge in [-0.1, -0.05) is 38.3 Å². The van der Waals surface area contributed by atoms with Gasteiger partial charge in [0.05, 0.1) is 0 Å². The van der Waals surface area contributed by atoms with Crippen molar-refractivity contribution in [3.63, 3.8) is 0 Å². The summed E-state index contributed by atoms with van der Waals surface area (Å²) in [6.45, 7) is 2.69. The van der Waals surface area contributed by atoms with E-state index in [-0.39, 0.29) is 18.3 Å². The number of unbranched alkanes of at least 4 members (excludes halogenated alkanes) is 3. The zero-order valence-corrected chi connectivity index (χ0v) is 11.5. The van der Waals surface area contributed by atoms with Gasteiger partial charge < -0.3 is 11.1 Å². The monoisotopic (exact) mass is 266 g/mol. The minimum atomic E-state index is -0.311. The molecule has 106 valence electrons. The van der Waals surface area contributed by atoms with E-state index in [0.29, 0.717) is 18.5 Å². The van der Waals surface area contributed by atoms with Gasteiger partial charge in [-0.25, -0.2) is 4.39 Å². The van der Waals surface area contributed by atoms with Gasteiger partial charge in [0.1, 0.15) is 5.82 Å². The summed E-state index contributed by atoms with van der Waals surface area (Å²) < 4.78 is 13.6. The number of rotatable bonds is 8. The van der Waals surface area contributed by atoms with Gasteiger partial charge in [0.15, 0.2) is 0 Å². The third kappa shape index (κ3) is 5.83. The van der Waals surface area contributed by atoms with E-state index in [4.69, 9.17) is 5.73 Å². The molecule has 19 heavy (non-hydrogen) atoms. The van der Waals surface area contributed by atoms with Crippen LogP contribution in [0, 0.1) is 5.82 Å². The van der Waals surface area contributed by atoms with Gasteiger partial charge >= 0.3 is 0 Å². The topological polar surface area (TPSA) is 55.1 Å². The van der Waals surface area contributed by atoms with Crippen LogP contribution in [-0.4, -0.2) is 5.91 Å². The molecule has 0 aliphatic carbocycles. The molecule has 0 saturated heterocycles. The molecule has 0 bridgehead atoms. The van der Waals surface area contributed by atoms with Crippen LogP contribution in [-0.2, 0) is 17.9 Å². The molecule has 1 aromatic carbocycles. The van der Waals surface area contributed by atoms with Crippen molar-refractivity contribution in [2.45, 2.75) is 52.1 Å². The summed E-state index contributed by atoms with van der Waals surface area (Å²) in [5.41, 5.74) is 6.69. The Labute approximate surface area is 114 Å². The lowest BCUT2D eigenvalue weighted by Gasteiger charge is -2.07. The molecule has 1 aromatic rings. The fourth-order valence-electron chi connectivity index (χ4n) is 1.86. The van der Waals surface area contributed by atoms with Gasteiger partial charge in [-0.05, 0) is 18.1 Å². The summed E-state index contributed by atoms with van der Waals surface area (Å²) in [4.78, 5) is 11.6. The van der Waals surface area contributed by atoms with Crippen LogP contribution in [0.1, 0.15) is 50.2 Å². The fourth-order valence-corrected chi connectivity index (χ4v) is 1.86. The number of halogens is 1. The van der Waals surface area contributed by atoms with Gasteiger partial charge in [-0.3, -0.25) is 4.79 Å². The third-order valence-electron chi connectivity index (χ3n) is 3.09. The van der Waals surface area contributed by atoms with E-state index in [1.54, 1.807) is 12.1 Å². The predicted octanol–water partition coefficient (Wildman–Crippen LogP) is 2.87. The number of benzene rings is 1. The second-order valence-corrected chi connectivity index (χ2v) is 4.72. The van der Waals surface area contributed by atoms with E-state index in [1.165, 1.54) is 6.07 Å². The Morgan fingerprint density at radius 3 is 2.74 bits per heavy atom. The van der Waals surface area contributed by atoms with Crippen molar-refractivity contribution in [3.05, 3.63) is 35.1 Å². The SMILES string of the molecule is CCCCCCC(=O)NCc1ccc(CN)cc1F. The van der Waals surface area contributed by atoms with Gasteiger partial charge in [0, 0.05) is 25.1 Å². The lowest BCUT2D eigenvalue weighted by atomic mass is 10.1. The fraction of sp³-hybridized carbons (Fsp3) is 0.533. The highest BCUT2D eigenvalue weighted by Gasteiger charge is 2.05. The Hall–Kier alpha value is -1.42. The molecule has 0 aromatic heterocycles. The van der Waals surface area contributed by atoms with Crippen molar-refractivity contribution in [1.29, 1.82) is 0 Å². The molecule has 4 heteroatoms. The van der Waals surface area contributed by atoms with Gasteiger partial charge in [0.25, 0.3) is 0 Å². The van der Waals surface area contributed by atoms with Gasteiger partial charge in [-0.15, -0.1) is 0 Å². The summed E-state index contributed by atoms with van der Waals surface area (Å²) in [7, 11) is 0. The number of carbonyl (C=O) groups is 1. The molecule has 1 rings (SSSR count). The molecule has 0 heterocycles. The predicted molar refractivity (Wildman–Crippen MR) is 74.9 cm³/mol. The Balaban J connectivity index is 2.33. The third-order valence-corrected chi connectivity index (χ3v) is 3.09. The van der Waals surface area contributed by atoms with E-state index >= 15 is 0 Å². The molecule has 0 fully saturated rings. The van der Waals surface area contributed by atoms with Crippen molar-refractivity contribution in [3.8, 4) is 0 Å². The molecule has 0 saturated carbocycles. The normalized spacial score (nSPS) is 10.5. The van der Waals surface area contributed by atoms with Gasteiger partial charge in [-0.2, -0.15) is 0 Å². The van der Waals surface area contributed by atoms with Crippen LogP contribution >= 0.6 is 0 Å². The van der Waals surface area contributed by atoms with Crippen LogP contribution in [0.5, 0.6) is 0 Å². The van der Waals surface area contributed by atoms with Crippen LogP contribution in [0.3, 0.4) is 0 Å². The zero-order chi connectivity index (χ0) is 14.1. The largest absolute Gasteiger partial charge is 0.352 e. The number of hydrogen-bond donors (Lipinski definition) is 2. The standard InChI is InChI=1S/C15H23FN2O/c1-2-3-4-5-6-15(19)18-11-13-8-7-12(10-17)9-14(13)16/h7-9H,2-6,10-11,17H2,1H3,(H,18,19). The molecular weight excluding hydrogens is 243 g/mol.